The minimum atomic E-state index is -0.443. The van der Waals surface area contributed by atoms with E-state index in [1.165, 1.54) is 6.20 Å². The molecule has 98 valence electrons. The lowest BCUT2D eigenvalue weighted by atomic mass is 10.2. The predicted octanol–water partition coefficient (Wildman–Crippen LogP) is 1.57. The fourth-order valence-electron chi connectivity index (χ4n) is 1.26. The van der Waals surface area contributed by atoms with Gasteiger partial charge in [0.15, 0.2) is 0 Å². The number of thioether (sulfide) groups is 1. The van der Waals surface area contributed by atoms with E-state index in [9.17, 15) is 4.79 Å². The molecule has 1 heterocycles. The number of carbonyl (C=O) groups is 1. The first-order valence-corrected chi connectivity index (χ1v) is 6.95. The fourth-order valence-corrected chi connectivity index (χ4v) is 1.75. The largest absolute Gasteiger partial charge is 0.366 e. The van der Waals surface area contributed by atoms with Gasteiger partial charge in [0, 0.05) is 25.7 Å². The van der Waals surface area contributed by atoms with Crippen LogP contribution in [0.4, 0.5) is 0 Å². The van der Waals surface area contributed by atoms with Gasteiger partial charge < -0.3 is 4.84 Å². The number of nitrogens with zero attached hydrogens (tertiary/aromatic N) is 2. The van der Waals surface area contributed by atoms with Gasteiger partial charge in [-0.1, -0.05) is 0 Å². The van der Waals surface area contributed by atoms with Crippen LogP contribution in [0.15, 0.2) is 29.5 Å². The number of nitrogens with one attached hydrogen (secondary N) is 1. The molecule has 1 rings (SSSR count). The standard InChI is InChI=1S/C12H17N3O2S/c1-13-9-11(5-7-18-2)15-17-12(16)10-4-3-6-14-8-10/h3-4,6,8-9,11,15H,5,7H2,1-2H3/t11-/m0/s1. The second kappa shape index (κ2) is 8.66. The Labute approximate surface area is 111 Å². The lowest BCUT2D eigenvalue weighted by Crippen LogP contribution is -2.33. The molecule has 1 N–H and O–H groups in total. The summed E-state index contributed by atoms with van der Waals surface area (Å²) >= 11 is 1.73. The number of carbonyl (C=O) groups excluding carboxylic acids is 1. The Hall–Kier alpha value is -1.40. The Morgan fingerprint density at radius 1 is 1.72 bits per heavy atom. The van der Waals surface area contributed by atoms with E-state index in [0.29, 0.717) is 5.56 Å². The minimum absolute atomic E-state index is 0.0666. The summed E-state index contributed by atoms with van der Waals surface area (Å²) in [6.07, 6.45) is 7.68. The van der Waals surface area contributed by atoms with Crippen molar-refractivity contribution in [2.24, 2.45) is 4.99 Å². The van der Waals surface area contributed by atoms with Crippen LogP contribution in [-0.2, 0) is 4.84 Å². The van der Waals surface area contributed by atoms with Crippen molar-refractivity contribution in [2.75, 3.05) is 19.1 Å². The molecule has 0 saturated carbocycles. The van der Waals surface area contributed by atoms with E-state index < -0.39 is 5.97 Å². The molecule has 0 aromatic carbocycles. The van der Waals surface area contributed by atoms with Crippen molar-refractivity contribution in [1.82, 2.24) is 10.5 Å². The maximum atomic E-state index is 11.7. The summed E-state index contributed by atoms with van der Waals surface area (Å²) in [7, 11) is 1.69. The van der Waals surface area contributed by atoms with Crippen molar-refractivity contribution in [3.8, 4) is 0 Å². The maximum absolute atomic E-state index is 11.7. The van der Waals surface area contributed by atoms with Gasteiger partial charge in [-0.05, 0) is 30.6 Å². The second-order valence-electron chi connectivity index (χ2n) is 3.54. The third-order valence-electron chi connectivity index (χ3n) is 2.16. The number of hydrogen-bond donors (Lipinski definition) is 1. The van der Waals surface area contributed by atoms with Crippen molar-refractivity contribution in [1.29, 1.82) is 0 Å². The summed E-state index contributed by atoms with van der Waals surface area (Å²) in [5, 5.41) is 0. The number of pyridine rings is 1. The molecule has 0 saturated heterocycles. The van der Waals surface area contributed by atoms with Crippen LogP contribution in [-0.4, -0.2) is 42.3 Å². The predicted molar refractivity (Wildman–Crippen MR) is 74.0 cm³/mol. The van der Waals surface area contributed by atoms with Crippen molar-refractivity contribution in [3.05, 3.63) is 30.1 Å². The molecule has 18 heavy (non-hydrogen) atoms. The van der Waals surface area contributed by atoms with E-state index >= 15 is 0 Å². The lowest BCUT2D eigenvalue weighted by molar-refractivity contribution is 0.0214. The van der Waals surface area contributed by atoms with Crippen LogP contribution in [0.5, 0.6) is 0 Å². The van der Waals surface area contributed by atoms with Gasteiger partial charge in [0.2, 0.25) is 0 Å². The van der Waals surface area contributed by atoms with Crippen LogP contribution in [0.1, 0.15) is 16.8 Å². The molecule has 0 amide bonds. The van der Waals surface area contributed by atoms with Crippen LogP contribution in [0.3, 0.4) is 0 Å². The normalized spacial score (nSPS) is 12.6. The Kier molecular flexibility index (Phi) is 7.05. The van der Waals surface area contributed by atoms with Gasteiger partial charge in [0.25, 0.3) is 0 Å². The highest BCUT2D eigenvalue weighted by molar-refractivity contribution is 7.98. The highest BCUT2D eigenvalue weighted by atomic mass is 32.2. The van der Waals surface area contributed by atoms with Crippen LogP contribution >= 0.6 is 11.8 Å². The van der Waals surface area contributed by atoms with Gasteiger partial charge in [-0.15, -0.1) is 5.48 Å². The molecule has 0 aliphatic carbocycles. The number of rotatable bonds is 7. The third kappa shape index (κ3) is 5.29. The van der Waals surface area contributed by atoms with Crippen LogP contribution in [0, 0.1) is 0 Å². The smallest absolute Gasteiger partial charge is 0.358 e. The Bertz CT molecular complexity index is 384. The SMILES string of the molecule is CN=C[C@H](CCSC)NOC(=O)c1cccnc1. The number of hydroxylamine groups is 1. The first-order chi connectivity index (χ1) is 8.77. The molecule has 1 atom stereocenters. The highest BCUT2D eigenvalue weighted by Gasteiger charge is 2.10. The summed E-state index contributed by atoms with van der Waals surface area (Å²) in [6, 6.07) is 3.28. The summed E-state index contributed by atoms with van der Waals surface area (Å²) in [5.41, 5.74) is 3.13. The molecular weight excluding hydrogens is 250 g/mol. The summed E-state index contributed by atoms with van der Waals surface area (Å²) in [6.45, 7) is 0. The number of aromatic nitrogens is 1. The van der Waals surface area contributed by atoms with Crippen molar-refractivity contribution >= 4 is 23.9 Å². The van der Waals surface area contributed by atoms with Gasteiger partial charge in [0.05, 0.1) is 11.6 Å². The van der Waals surface area contributed by atoms with E-state index in [-0.39, 0.29) is 6.04 Å². The van der Waals surface area contributed by atoms with Gasteiger partial charge in [0.1, 0.15) is 0 Å². The quantitative estimate of drug-likeness (QED) is 0.600. The van der Waals surface area contributed by atoms with Crippen LogP contribution in [0.25, 0.3) is 0 Å². The number of aliphatic imine (C=N–C) groups is 1. The van der Waals surface area contributed by atoms with Crippen molar-refractivity contribution in [2.45, 2.75) is 12.5 Å². The topological polar surface area (TPSA) is 63.6 Å². The van der Waals surface area contributed by atoms with Gasteiger partial charge in [-0.3, -0.25) is 9.98 Å². The zero-order valence-electron chi connectivity index (χ0n) is 10.5. The molecule has 0 aliphatic heterocycles. The van der Waals surface area contributed by atoms with Gasteiger partial charge in [-0.2, -0.15) is 11.8 Å². The molecule has 5 nitrogen and oxygen atoms in total. The molecule has 0 unspecified atom stereocenters. The van der Waals surface area contributed by atoms with E-state index in [1.54, 1.807) is 43.4 Å². The monoisotopic (exact) mass is 267 g/mol. The van der Waals surface area contributed by atoms with Gasteiger partial charge >= 0.3 is 5.97 Å². The van der Waals surface area contributed by atoms with Crippen LogP contribution in [0.2, 0.25) is 0 Å². The average molecular weight is 267 g/mol. The maximum Gasteiger partial charge on any atom is 0.358 e. The average Bonchev–Trinajstić information content (AvgIpc) is 2.42. The van der Waals surface area contributed by atoms with Crippen molar-refractivity contribution in [3.63, 3.8) is 0 Å². The zero-order valence-corrected chi connectivity index (χ0v) is 11.3. The first-order valence-electron chi connectivity index (χ1n) is 5.56. The molecule has 0 radical (unpaired) electrons. The third-order valence-corrected chi connectivity index (χ3v) is 2.81. The molecule has 0 fully saturated rings. The highest BCUT2D eigenvalue weighted by Crippen LogP contribution is 2.01. The molecule has 1 aromatic rings. The summed E-state index contributed by atoms with van der Waals surface area (Å²) in [4.78, 5) is 24.5. The summed E-state index contributed by atoms with van der Waals surface area (Å²) < 4.78 is 0. The zero-order chi connectivity index (χ0) is 13.2. The second-order valence-corrected chi connectivity index (χ2v) is 4.53. The van der Waals surface area contributed by atoms with E-state index in [2.05, 4.69) is 15.5 Å². The fraction of sp³-hybridized carbons (Fsp3) is 0.417. The molecule has 6 heteroatoms. The molecule has 0 bridgehead atoms. The molecule has 0 spiro atoms. The van der Waals surface area contributed by atoms with Crippen LogP contribution < -0.4 is 5.48 Å². The lowest BCUT2D eigenvalue weighted by Gasteiger charge is -2.13. The molecule has 0 aliphatic rings. The molecule has 1 aromatic heterocycles. The Morgan fingerprint density at radius 2 is 2.56 bits per heavy atom. The van der Waals surface area contributed by atoms with Crippen molar-refractivity contribution < 1.29 is 9.63 Å². The first kappa shape index (κ1) is 14.7. The Morgan fingerprint density at radius 3 is 3.17 bits per heavy atom. The molecular formula is C12H17N3O2S. The number of hydrogen-bond acceptors (Lipinski definition) is 6. The van der Waals surface area contributed by atoms with E-state index in [1.807, 2.05) is 6.26 Å². The van der Waals surface area contributed by atoms with E-state index in [4.69, 9.17) is 4.84 Å². The summed E-state index contributed by atoms with van der Waals surface area (Å²) in [5.74, 6) is 0.524. The minimum Gasteiger partial charge on any atom is -0.366 e. The van der Waals surface area contributed by atoms with Gasteiger partial charge in [-0.25, -0.2) is 4.79 Å². The Balaban J connectivity index is 2.44. The van der Waals surface area contributed by atoms with E-state index in [0.717, 1.165) is 12.2 Å².